The summed E-state index contributed by atoms with van der Waals surface area (Å²) in [6, 6.07) is 10.3. The molecule has 0 aliphatic carbocycles. The smallest absolute Gasteiger partial charge is 0.0315 e. The molecule has 3 nitrogen and oxygen atoms in total. The molecule has 3 rings (SSSR count). The first-order valence-corrected chi connectivity index (χ1v) is 6.80. The Kier molecular flexibility index (Phi) is 3.47. The Hall–Kier alpha value is -1.87. The lowest BCUT2D eigenvalue weighted by atomic mass is 10.0. The summed E-state index contributed by atoms with van der Waals surface area (Å²) in [7, 11) is 0. The number of pyridine rings is 1. The van der Waals surface area contributed by atoms with Gasteiger partial charge in [0.25, 0.3) is 0 Å². The fourth-order valence-electron chi connectivity index (χ4n) is 2.60. The molecule has 1 aliphatic heterocycles. The van der Waals surface area contributed by atoms with E-state index in [4.69, 9.17) is 5.73 Å². The van der Waals surface area contributed by atoms with Crippen LogP contribution in [-0.4, -0.2) is 23.0 Å². The number of benzene rings is 1. The predicted molar refractivity (Wildman–Crippen MR) is 77.8 cm³/mol. The molecule has 0 radical (unpaired) electrons. The van der Waals surface area contributed by atoms with Crippen molar-refractivity contribution in [3.05, 3.63) is 59.4 Å². The van der Waals surface area contributed by atoms with Gasteiger partial charge in [0.1, 0.15) is 0 Å². The van der Waals surface area contributed by atoms with Gasteiger partial charge in [0.2, 0.25) is 0 Å². The average molecular weight is 253 g/mol. The van der Waals surface area contributed by atoms with Gasteiger partial charge < -0.3 is 5.73 Å². The SMILES string of the molecule is Nc1ccc(CCN2CCc3ccncc3C2)cc1. The Balaban J connectivity index is 1.59. The summed E-state index contributed by atoms with van der Waals surface area (Å²) in [5.74, 6) is 0. The number of anilines is 1. The molecular weight excluding hydrogens is 234 g/mol. The van der Waals surface area contributed by atoms with Gasteiger partial charge in [0.05, 0.1) is 0 Å². The zero-order valence-electron chi connectivity index (χ0n) is 11.0. The normalized spacial score (nSPS) is 15.2. The van der Waals surface area contributed by atoms with E-state index in [-0.39, 0.29) is 0 Å². The Morgan fingerprint density at radius 1 is 1.11 bits per heavy atom. The number of fused-ring (bicyclic) bond motifs is 1. The lowest BCUT2D eigenvalue weighted by Gasteiger charge is -2.28. The molecule has 1 aliphatic rings. The van der Waals surface area contributed by atoms with E-state index in [1.807, 2.05) is 24.5 Å². The van der Waals surface area contributed by atoms with Gasteiger partial charge in [-0.3, -0.25) is 9.88 Å². The van der Waals surface area contributed by atoms with Crippen molar-refractivity contribution < 1.29 is 0 Å². The Morgan fingerprint density at radius 3 is 2.79 bits per heavy atom. The molecule has 0 saturated heterocycles. The summed E-state index contributed by atoms with van der Waals surface area (Å²) in [4.78, 5) is 6.72. The van der Waals surface area contributed by atoms with E-state index in [0.29, 0.717) is 0 Å². The van der Waals surface area contributed by atoms with Crippen molar-refractivity contribution in [1.29, 1.82) is 0 Å². The van der Waals surface area contributed by atoms with Crippen LogP contribution in [0.3, 0.4) is 0 Å². The second kappa shape index (κ2) is 5.41. The van der Waals surface area contributed by atoms with Gasteiger partial charge in [-0.1, -0.05) is 12.1 Å². The quantitative estimate of drug-likeness (QED) is 0.853. The van der Waals surface area contributed by atoms with Crippen molar-refractivity contribution in [3.63, 3.8) is 0 Å². The first-order valence-electron chi connectivity index (χ1n) is 6.80. The van der Waals surface area contributed by atoms with Gasteiger partial charge >= 0.3 is 0 Å². The summed E-state index contributed by atoms with van der Waals surface area (Å²) < 4.78 is 0. The first kappa shape index (κ1) is 12.2. The zero-order valence-corrected chi connectivity index (χ0v) is 11.0. The van der Waals surface area contributed by atoms with Crippen LogP contribution in [0.5, 0.6) is 0 Å². The third kappa shape index (κ3) is 2.93. The van der Waals surface area contributed by atoms with Gasteiger partial charge in [-0.2, -0.15) is 0 Å². The third-order valence-corrected chi connectivity index (χ3v) is 3.79. The summed E-state index contributed by atoms with van der Waals surface area (Å²) in [6.07, 6.45) is 6.11. The van der Waals surface area contributed by atoms with Crippen LogP contribution < -0.4 is 5.73 Å². The van der Waals surface area contributed by atoms with Crippen LogP contribution in [0.15, 0.2) is 42.7 Å². The molecule has 2 N–H and O–H groups in total. The summed E-state index contributed by atoms with van der Waals surface area (Å²) >= 11 is 0. The molecule has 0 saturated carbocycles. The van der Waals surface area contributed by atoms with Crippen molar-refractivity contribution in [2.75, 3.05) is 18.8 Å². The molecule has 2 aromatic rings. The number of rotatable bonds is 3. The minimum absolute atomic E-state index is 0.835. The second-order valence-corrected chi connectivity index (χ2v) is 5.16. The molecular formula is C16H19N3. The van der Waals surface area contributed by atoms with E-state index < -0.39 is 0 Å². The van der Waals surface area contributed by atoms with Crippen LogP contribution >= 0.6 is 0 Å². The van der Waals surface area contributed by atoms with Crippen LogP contribution in [0.1, 0.15) is 16.7 Å². The number of hydrogen-bond donors (Lipinski definition) is 1. The molecule has 0 amide bonds. The van der Waals surface area contributed by atoms with Gasteiger partial charge in [0, 0.05) is 37.7 Å². The van der Waals surface area contributed by atoms with Gasteiger partial charge in [-0.15, -0.1) is 0 Å². The number of aromatic nitrogens is 1. The minimum Gasteiger partial charge on any atom is -0.399 e. The van der Waals surface area contributed by atoms with Crippen LogP contribution in [0.25, 0.3) is 0 Å². The monoisotopic (exact) mass is 253 g/mol. The maximum Gasteiger partial charge on any atom is 0.0315 e. The van der Waals surface area contributed by atoms with Crippen LogP contribution in [-0.2, 0) is 19.4 Å². The van der Waals surface area contributed by atoms with Gasteiger partial charge in [0.15, 0.2) is 0 Å². The summed E-state index contributed by atoms with van der Waals surface area (Å²) in [6.45, 7) is 3.27. The van der Waals surface area contributed by atoms with E-state index >= 15 is 0 Å². The largest absolute Gasteiger partial charge is 0.399 e. The molecule has 19 heavy (non-hydrogen) atoms. The molecule has 0 atom stereocenters. The molecule has 0 spiro atoms. The molecule has 0 fully saturated rings. The fourth-order valence-corrected chi connectivity index (χ4v) is 2.60. The number of nitrogens with zero attached hydrogens (tertiary/aromatic N) is 2. The fraction of sp³-hybridized carbons (Fsp3) is 0.312. The lowest BCUT2D eigenvalue weighted by Crippen LogP contribution is -2.32. The maximum absolute atomic E-state index is 5.70. The number of nitrogen functional groups attached to an aromatic ring is 1. The standard InChI is InChI=1S/C16H19N3/c17-16-3-1-13(2-4-16)6-9-19-10-7-14-5-8-18-11-15(14)12-19/h1-5,8,11H,6-7,9-10,12,17H2. The van der Waals surface area contributed by atoms with Crippen molar-refractivity contribution >= 4 is 5.69 Å². The predicted octanol–water partition coefficient (Wildman–Crippen LogP) is 2.26. The van der Waals surface area contributed by atoms with E-state index in [2.05, 4.69) is 28.1 Å². The molecule has 0 bridgehead atoms. The third-order valence-electron chi connectivity index (χ3n) is 3.79. The van der Waals surface area contributed by atoms with Crippen molar-refractivity contribution in [2.24, 2.45) is 0 Å². The highest BCUT2D eigenvalue weighted by atomic mass is 15.1. The zero-order chi connectivity index (χ0) is 13.1. The first-order chi connectivity index (χ1) is 9.31. The average Bonchev–Trinajstić information content (AvgIpc) is 2.46. The molecule has 1 aromatic heterocycles. The topological polar surface area (TPSA) is 42.1 Å². The molecule has 98 valence electrons. The Labute approximate surface area is 114 Å². The minimum atomic E-state index is 0.835. The van der Waals surface area contributed by atoms with Crippen molar-refractivity contribution in [2.45, 2.75) is 19.4 Å². The van der Waals surface area contributed by atoms with Crippen molar-refractivity contribution in [3.8, 4) is 0 Å². The maximum atomic E-state index is 5.70. The van der Waals surface area contributed by atoms with E-state index in [1.54, 1.807) is 0 Å². The van der Waals surface area contributed by atoms with Crippen LogP contribution in [0, 0.1) is 0 Å². The highest BCUT2D eigenvalue weighted by molar-refractivity contribution is 5.39. The second-order valence-electron chi connectivity index (χ2n) is 5.16. The molecule has 3 heteroatoms. The summed E-state index contributed by atoms with van der Waals surface area (Å²) in [5, 5.41) is 0. The van der Waals surface area contributed by atoms with Crippen LogP contribution in [0.2, 0.25) is 0 Å². The van der Waals surface area contributed by atoms with E-state index in [0.717, 1.165) is 38.2 Å². The molecule has 2 heterocycles. The number of hydrogen-bond acceptors (Lipinski definition) is 3. The molecule has 0 unspecified atom stereocenters. The highest BCUT2D eigenvalue weighted by Crippen LogP contribution is 2.17. The highest BCUT2D eigenvalue weighted by Gasteiger charge is 2.15. The van der Waals surface area contributed by atoms with Crippen LogP contribution in [0.4, 0.5) is 5.69 Å². The van der Waals surface area contributed by atoms with Gasteiger partial charge in [-0.05, 0) is 47.7 Å². The molecule has 1 aromatic carbocycles. The van der Waals surface area contributed by atoms with Gasteiger partial charge in [-0.25, -0.2) is 0 Å². The Bertz CT molecular complexity index is 548. The van der Waals surface area contributed by atoms with Crippen molar-refractivity contribution in [1.82, 2.24) is 9.88 Å². The van der Waals surface area contributed by atoms with E-state index in [1.165, 1.54) is 16.7 Å². The van der Waals surface area contributed by atoms with E-state index in [9.17, 15) is 0 Å². The summed E-state index contributed by atoms with van der Waals surface area (Å²) in [5.41, 5.74) is 10.7. The lowest BCUT2D eigenvalue weighted by molar-refractivity contribution is 0.257. The number of nitrogens with two attached hydrogens (primary N) is 1. The Morgan fingerprint density at radius 2 is 1.95 bits per heavy atom.